The second-order valence-electron chi connectivity index (χ2n) is 9.85. The molecule has 2 heterocycles. The number of carbonyl (C=O) groups excluding carboxylic acids is 2. The molecule has 152 valence electrons. The summed E-state index contributed by atoms with van der Waals surface area (Å²) in [6, 6.07) is 2.04. The Morgan fingerprint density at radius 3 is 2.04 bits per heavy atom. The topological polar surface area (TPSA) is 40.6 Å². The molecule has 4 saturated carbocycles. The van der Waals surface area contributed by atoms with E-state index in [1.54, 1.807) is 11.3 Å². The average Bonchev–Trinajstić information content (AvgIpc) is 3.06. The van der Waals surface area contributed by atoms with Crippen molar-refractivity contribution in [1.29, 1.82) is 0 Å². The lowest BCUT2D eigenvalue weighted by Gasteiger charge is -2.57. The van der Waals surface area contributed by atoms with Crippen molar-refractivity contribution in [3.05, 3.63) is 21.4 Å². The highest BCUT2D eigenvalue weighted by Crippen LogP contribution is 2.60. The standard InChI is InChI=1S/C23H32N2O2S/c1-3-19-15(2)8-20(28-19)21(26)24-4-6-25(7-5-24)22(27)23-12-16-9-17(13-23)11-18(10-16)14-23/h8,16-18H,3-7,9-14H2,1-2H3. The van der Waals surface area contributed by atoms with E-state index in [0.29, 0.717) is 32.1 Å². The van der Waals surface area contributed by atoms with Crippen molar-refractivity contribution in [3.63, 3.8) is 0 Å². The number of amides is 2. The van der Waals surface area contributed by atoms with Gasteiger partial charge in [-0.3, -0.25) is 9.59 Å². The second-order valence-corrected chi connectivity index (χ2v) is 11.0. The first-order valence-corrected chi connectivity index (χ1v) is 12.0. The van der Waals surface area contributed by atoms with Crippen LogP contribution >= 0.6 is 11.3 Å². The summed E-state index contributed by atoms with van der Waals surface area (Å²) in [6.45, 7) is 7.00. The summed E-state index contributed by atoms with van der Waals surface area (Å²) < 4.78 is 0. The number of rotatable bonds is 3. The van der Waals surface area contributed by atoms with Gasteiger partial charge in [-0.25, -0.2) is 0 Å². The van der Waals surface area contributed by atoms with E-state index in [0.717, 1.165) is 48.3 Å². The summed E-state index contributed by atoms with van der Waals surface area (Å²) in [5.74, 6) is 2.96. The maximum Gasteiger partial charge on any atom is 0.264 e. The normalized spacial score (nSPS) is 34.1. The number of thiophene rings is 1. The van der Waals surface area contributed by atoms with Crippen LogP contribution in [-0.2, 0) is 11.2 Å². The minimum Gasteiger partial charge on any atom is -0.339 e. The molecule has 1 saturated heterocycles. The zero-order valence-corrected chi connectivity index (χ0v) is 18.0. The quantitative estimate of drug-likeness (QED) is 0.766. The number of hydrogen-bond acceptors (Lipinski definition) is 3. The smallest absolute Gasteiger partial charge is 0.264 e. The highest BCUT2D eigenvalue weighted by molar-refractivity contribution is 7.14. The van der Waals surface area contributed by atoms with Crippen molar-refractivity contribution >= 4 is 23.2 Å². The van der Waals surface area contributed by atoms with Crippen molar-refractivity contribution in [2.45, 2.75) is 58.8 Å². The predicted molar refractivity (Wildman–Crippen MR) is 112 cm³/mol. The van der Waals surface area contributed by atoms with Crippen LogP contribution in [-0.4, -0.2) is 47.8 Å². The van der Waals surface area contributed by atoms with Crippen LogP contribution in [0, 0.1) is 30.1 Å². The third kappa shape index (κ3) is 3.01. The number of carbonyl (C=O) groups is 2. The van der Waals surface area contributed by atoms with Gasteiger partial charge in [0.1, 0.15) is 0 Å². The highest BCUT2D eigenvalue weighted by Gasteiger charge is 2.55. The first-order valence-electron chi connectivity index (χ1n) is 11.2. The minimum absolute atomic E-state index is 0.0537. The first-order chi connectivity index (χ1) is 13.5. The predicted octanol–water partition coefficient (Wildman–Crippen LogP) is 4.12. The van der Waals surface area contributed by atoms with Crippen LogP contribution in [0.3, 0.4) is 0 Å². The van der Waals surface area contributed by atoms with Gasteiger partial charge in [-0.1, -0.05) is 6.92 Å². The number of nitrogens with zero attached hydrogens (tertiary/aromatic N) is 2. The number of hydrogen-bond donors (Lipinski definition) is 0. The van der Waals surface area contributed by atoms with Gasteiger partial charge < -0.3 is 9.80 Å². The molecule has 5 heteroatoms. The molecule has 1 aromatic heterocycles. The van der Waals surface area contributed by atoms with Gasteiger partial charge in [-0.05, 0) is 81.3 Å². The van der Waals surface area contributed by atoms with Crippen molar-refractivity contribution in [2.24, 2.45) is 23.2 Å². The van der Waals surface area contributed by atoms with Crippen molar-refractivity contribution < 1.29 is 9.59 Å². The summed E-state index contributed by atoms with van der Waals surface area (Å²) in [5, 5.41) is 0. The molecular formula is C23H32N2O2S. The van der Waals surface area contributed by atoms with Gasteiger partial charge in [-0.2, -0.15) is 0 Å². The lowest BCUT2D eigenvalue weighted by molar-refractivity contribution is -0.159. The van der Waals surface area contributed by atoms with Gasteiger partial charge >= 0.3 is 0 Å². The molecule has 28 heavy (non-hydrogen) atoms. The summed E-state index contributed by atoms with van der Waals surface area (Å²) in [7, 11) is 0. The molecule has 1 aliphatic heterocycles. The number of piperazine rings is 1. The molecule has 1 aromatic rings. The maximum atomic E-state index is 13.5. The molecule has 2 amide bonds. The summed E-state index contributed by atoms with van der Waals surface area (Å²) >= 11 is 1.64. The SMILES string of the molecule is CCc1sc(C(=O)N2CCN(C(=O)C34CC5CC(CC(C5)C3)C4)CC2)cc1C. The van der Waals surface area contributed by atoms with Crippen molar-refractivity contribution in [1.82, 2.24) is 9.80 Å². The Balaban J connectivity index is 1.23. The fraction of sp³-hybridized carbons (Fsp3) is 0.739. The molecule has 6 rings (SSSR count). The van der Waals surface area contributed by atoms with E-state index in [-0.39, 0.29) is 11.3 Å². The van der Waals surface area contributed by atoms with Gasteiger partial charge in [0, 0.05) is 31.1 Å². The Morgan fingerprint density at radius 1 is 1.00 bits per heavy atom. The summed E-state index contributed by atoms with van der Waals surface area (Å²) in [5.41, 5.74) is 1.17. The number of aryl methyl sites for hydroxylation is 2. The van der Waals surface area contributed by atoms with Crippen molar-refractivity contribution in [2.75, 3.05) is 26.2 Å². The third-order valence-electron chi connectivity index (χ3n) is 7.90. The van der Waals surface area contributed by atoms with Crippen molar-refractivity contribution in [3.8, 4) is 0 Å². The molecule has 4 bridgehead atoms. The first kappa shape index (κ1) is 18.7. The molecule has 0 aromatic carbocycles. The van der Waals surface area contributed by atoms with Gasteiger partial charge in [0.25, 0.3) is 5.91 Å². The Morgan fingerprint density at radius 2 is 1.54 bits per heavy atom. The van der Waals surface area contributed by atoms with E-state index >= 15 is 0 Å². The molecule has 5 aliphatic rings. The van der Waals surface area contributed by atoms with Gasteiger partial charge in [-0.15, -0.1) is 11.3 Å². The Kier molecular flexibility index (Phi) is 4.57. The van der Waals surface area contributed by atoms with E-state index in [1.165, 1.54) is 29.7 Å². The van der Waals surface area contributed by atoms with Gasteiger partial charge in [0.05, 0.1) is 10.3 Å². The molecule has 5 fully saturated rings. The Labute approximate surface area is 172 Å². The van der Waals surface area contributed by atoms with E-state index in [9.17, 15) is 9.59 Å². The van der Waals surface area contributed by atoms with Crippen LogP contribution in [0.15, 0.2) is 6.07 Å². The average molecular weight is 401 g/mol. The largest absolute Gasteiger partial charge is 0.339 e. The fourth-order valence-electron chi connectivity index (χ4n) is 6.95. The molecular weight excluding hydrogens is 368 g/mol. The molecule has 0 spiro atoms. The minimum atomic E-state index is -0.0537. The molecule has 0 unspecified atom stereocenters. The highest BCUT2D eigenvalue weighted by atomic mass is 32.1. The fourth-order valence-corrected chi connectivity index (χ4v) is 8.03. The lowest BCUT2D eigenvalue weighted by Crippen LogP contribution is -2.58. The molecule has 0 N–H and O–H groups in total. The van der Waals surface area contributed by atoms with Gasteiger partial charge in [0.15, 0.2) is 0 Å². The van der Waals surface area contributed by atoms with E-state index in [1.807, 2.05) is 11.0 Å². The van der Waals surface area contributed by atoms with Crippen LogP contribution in [0.1, 0.15) is 65.6 Å². The van der Waals surface area contributed by atoms with Gasteiger partial charge in [0.2, 0.25) is 5.91 Å². The van der Waals surface area contributed by atoms with E-state index < -0.39 is 0 Å². The van der Waals surface area contributed by atoms with Crippen LogP contribution in [0.4, 0.5) is 0 Å². The van der Waals surface area contributed by atoms with E-state index in [4.69, 9.17) is 0 Å². The maximum absolute atomic E-state index is 13.5. The van der Waals surface area contributed by atoms with Crippen LogP contribution in [0.5, 0.6) is 0 Å². The Hall–Kier alpha value is -1.36. The monoisotopic (exact) mass is 400 g/mol. The Bertz CT molecular complexity index is 755. The molecule has 0 radical (unpaired) electrons. The molecule has 4 aliphatic carbocycles. The van der Waals surface area contributed by atoms with Crippen LogP contribution in [0.2, 0.25) is 0 Å². The zero-order chi connectivity index (χ0) is 19.5. The summed E-state index contributed by atoms with van der Waals surface area (Å²) in [4.78, 5) is 32.6. The van der Waals surface area contributed by atoms with Crippen LogP contribution < -0.4 is 0 Å². The van der Waals surface area contributed by atoms with Crippen LogP contribution in [0.25, 0.3) is 0 Å². The third-order valence-corrected chi connectivity index (χ3v) is 9.27. The van der Waals surface area contributed by atoms with E-state index in [2.05, 4.69) is 18.7 Å². The zero-order valence-electron chi connectivity index (χ0n) is 17.2. The lowest BCUT2D eigenvalue weighted by atomic mass is 9.49. The summed E-state index contributed by atoms with van der Waals surface area (Å²) in [6.07, 6.45) is 8.48. The molecule has 0 atom stereocenters. The molecule has 4 nitrogen and oxygen atoms in total. The second kappa shape index (κ2) is 6.86.